The number of benzene rings is 1. The number of sulfonamides is 1. The summed E-state index contributed by atoms with van der Waals surface area (Å²) in [7, 11) is -3.27. The van der Waals surface area contributed by atoms with E-state index in [1.54, 1.807) is 0 Å². The van der Waals surface area contributed by atoms with Crippen LogP contribution in [0.4, 0.5) is 11.5 Å². The Bertz CT molecular complexity index is 944. The van der Waals surface area contributed by atoms with Crippen LogP contribution in [0.1, 0.15) is 23.7 Å². The number of aliphatic hydroxyl groups excluding tert-OH is 1. The summed E-state index contributed by atoms with van der Waals surface area (Å²) in [5.41, 5.74) is 2.60. The van der Waals surface area contributed by atoms with Crippen LogP contribution in [0.5, 0.6) is 0 Å². The number of aromatic nitrogens is 1. The summed E-state index contributed by atoms with van der Waals surface area (Å²) in [4.78, 5) is 8.95. The fourth-order valence-corrected chi connectivity index (χ4v) is 5.18. The molecule has 2 aliphatic rings. The lowest BCUT2D eigenvalue weighted by molar-refractivity contribution is 0.109. The Morgan fingerprint density at radius 3 is 2.59 bits per heavy atom. The van der Waals surface area contributed by atoms with Gasteiger partial charge in [-0.1, -0.05) is 18.2 Å². The Labute approximate surface area is 172 Å². The molecule has 0 spiro atoms. The predicted molar refractivity (Wildman–Crippen MR) is 115 cm³/mol. The van der Waals surface area contributed by atoms with E-state index in [0.29, 0.717) is 13.1 Å². The van der Waals surface area contributed by atoms with Gasteiger partial charge in [-0.25, -0.2) is 13.4 Å². The first-order valence-electron chi connectivity index (χ1n) is 10.1. The van der Waals surface area contributed by atoms with Crippen LogP contribution in [0.3, 0.4) is 0 Å². The second-order valence-corrected chi connectivity index (χ2v) is 9.73. The third-order valence-corrected chi connectivity index (χ3v) is 6.92. The van der Waals surface area contributed by atoms with E-state index in [1.807, 2.05) is 42.6 Å². The number of aliphatic hydroxyl groups is 1. The Kier molecular flexibility index (Phi) is 5.76. The molecule has 1 aromatic heterocycles. The highest BCUT2D eigenvalue weighted by Crippen LogP contribution is 2.31. The number of aryl methyl sites for hydroxylation is 1. The summed E-state index contributed by atoms with van der Waals surface area (Å²) in [6.45, 7) is 4.62. The molecule has 8 heteroatoms. The Morgan fingerprint density at radius 1 is 1.10 bits per heavy atom. The number of piperazine rings is 1. The maximum Gasteiger partial charge on any atom is 0.232 e. The van der Waals surface area contributed by atoms with Crippen molar-refractivity contribution in [3.05, 3.63) is 53.7 Å². The minimum absolute atomic E-state index is 0.522. The molecule has 7 nitrogen and oxygen atoms in total. The molecule has 0 saturated carbocycles. The van der Waals surface area contributed by atoms with Gasteiger partial charge in [-0.05, 0) is 42.2 Å². The molecule has 0 radical (unpaired) electrons. The first-order chi connectivity index (χ1) is 13.9. The SMILES string of the molecule is CS(=O)(=O)N1CCCc2cc([C@H](O)CN3CCN(c4ccccn4)CC3)ccc21. The topological polar surface area (TPSA) is 77.0 Å². The molecular formula is C21H28N4O3S. The van der Waals surface area contributed by atoms with Gasteiger partial charge in [-0.3, -0.25) is 9.21 Å². The number of hydrogen-bond donors (Lipinski definition) is 1. The van der Waals surface area contributed by atoms with Gasteiger partial charge in [-0.2, -0.15) is 0 Å². The number of nitrogens with zero attached hydrogens (tertiary/aromatic N) is 4. The average Bonchev–Trinajstić information content (AvgIpc) is 2.73. The molecule has 1 saturated heterocycles. The standard InChI is InChI=1S/C21H28N4O3S/c1-29(27,28)25-10-4-5-17-15-18(7-8-19(17)25)20(26)16-23-11-13-24(14-12-23)21-6-2-3-9-22-21/h2-3,6-9,15,20,26H,4-5,10-14,16H2,1H3/t20-/m1/s1. The fraction of sp³-hybridized carbons (Fsp3) is 0.476. The zero-order valence-electron chi connectivity index (χ0n) is 16.7. The molecule has 1 fully saturated rings. The van der Waals surface area contributed by atoms with Crippen LogP contribution in [0.15, 0.2) is 42.6 Å². The van der Waals surface area contributed by atoms with Gasteiger partial charge in [0.2, 0.25) is 10.0 Å². The van der Waals surface area contributed by atoms with E-state index < -0.39 is 16.1 Å². The third-order valence-electron chi connectivity index (χ3n) is 5.74. The minimum atomic E-state index is -3.27. The van der Waals surface area contributed by atoms with E-state index in [2.05, 4.69) is 14.8 Å². The molecule has 0 unspecified atom stereocenters. The molecule has 0 amide bonds. The lowest BCUT2D eigenvalue weighted by Crippen LogP contribution is -2.47. The van der Waals surface area contributed by atoms with Crippen LogP contribution in [0.25, 0.3) is 0 Å². The molecule has 0 bridgehead atoms. The molecule has 2 aromatic rings. The highest BCUT2D eigenvalue weighted by Gasteiger charge is 2.26. The van der Waals surface area contributed by atoms with Crippen LogP contribution in [-0.2, 0) is 16.4 Å². The van der Waals surface area contributed by atoms with Gasteiger partial charge in [0.15, 0.2) is 0 Å². The average molecular weight is 417 g/mol. The molecule has 0 aliphatic carbocycles. The van der Waals surface area contributed by atoms with Crippen molar-refractivity contribution in [2.24, 2.45) is 0 Å². The second-order valence-electron chi connectivity index (χ2n) is 7.82. The van der Waals surface area contributed by atoms with Crippen molar-refractivity contribution in [3.8, 4) is 0 Å². The van der Waals surface area contributed by atoms with Crippen LogP contribution in [0, 0.1) is 0 Å². The molecule has 1 N–H and O–H groups in total. The van der Waals surface area contributed by atoms with E-state index in [1.165, 1.54) is 10.6 Å². The van der Waals surface area contributed by atoms with Crippen molar-refractivity contribution in [2.75, 3.05) is 54.7 Å². The quantitative estimate of drug-likeness (QED) is 0.799. The monoisotopic (exact) mass is 416 g/mol. The van der Waals surface area contributed by atoms with E-state index in [0.717, 1.165) is 61.7 Å². The van der Waals surface area contributed by atoms with Crippen molar-refractivity contribution in [3.63, 3.8) is 0 Å². The van der Waals surface area contributed by atoms with Crippen LogP contribution in [-0.4, -0.2) is 68.9 Å². The van der Waals surface area contributed by atoms with E-state index in [-0.39, 0.29) is 0 Å². The normalized spacial score (nSPS) is 19.1. The van der Waals surface area contributed by atoms with Crippen molar-refractivity contribution >= 4 is 21.5 Å². The summed E-state index contributed by atoms with van der Waals surface area (Å²) in [5, 5.41) is 10.8. The fourth-order valence-electron chi connectivity index (χ4n) is 4.18. The summed E-state index contributed by atoms with van der Waals surface area (Å²) in [6.07, 6.45) is 4.11. The molecular weight excluding hydrogens is 388 g/mol. The van der Waals surface area contributed by atoms with Gasteiger partial charge in [0, 0.05) is 45.5 Å². The molecule has 1 aromatic carbocycles. The first kappa shape index (κ1) is 20.1. The number of fused-ring (bicyclic) bond motifs is 1. The van der Waals surface area contributed by atoms with Gasteiger partial charge >= 0.3 is 0 Å². The highest BCUT2D eigenvalue weighted by molar-refractivity contribution is 7.92. The summed E-state index contributed by atoms with van der Waals surface area (Å²) in [6, 6.07) is 11.6. The Balaban J connectivity index is 1.39. The van der Waals surface area contributed by atoms with Crippen LogP contribution in [0.2, 0.25) is 0 Å². The summed E-state index contributed by atoms with van der Waals surface area (Å²) in [5.74, 6) is 0.998. The van der Waals surface area contributed by atoms with Gasteiger partial charge in [0.25, 0.3) is 0 Å². The van der Waals surface area contributed by atoms with Crippen LogP contribution < -0.4 is 9.21 Å². The Hall–Kier alpha value is -2.16. The third kappa shape index (κ3) is 4.55. The van der Waals surface area contributed by atoms with Gasteiger partial charge < -0.3 is 10.0 Å². The number of pyridine rings is 1. The lowest BCUT2D eigenvalue weighted by Gasteiger charge is -2.36. The number of β-amino-alcohol motifs (C(OH)–C–C–N with tert-alkyl or cyclic N) is 1. The molecule has 1 atom stereocenters. The molecule has 29 heavy (non-hydrogen) atoms. The molecule has 156 valence electrons. The van der Waals surface area contributed by atoms with Crippen molar-refractivity contribution < 1.29 is 13.5 Å². The lowest BCUT2D eigenvalue weighted by atomic mass is 9.98. The summed E-state index contributed by atoms with van der Waals surface area (Å²) < 4.78 is 25.5. The highest BCUT2D eigenvalue weighted by atomic mass is 32.2. The zero-order valence-corrected chi connectivity index (χ0v) is 17.6. The molecule has 2 aliphatic heterocycles. The van der Waals surface area contributed by atoms with Crippen molar-refractivity contribution in [1.29, 1.82) is 0 Å². The Morgan fingerprint density at radius 2 is 1.90 bits per heavy atom. The maximum atomic E-state index is 12.0. The number of rotatable bonds is 5. The van der Waals surface area contributed by atoms with Gasteiger partial charge in [-0.15, -0.1) is 0 Å². The van der Waals surface area contributed by atoms with Crippen LogP contribution >= 0.6 is 0 Å². The maximum absolute atomic E-state index is 12.0. The minimum Gasteiger partial charge on any atom is -0.387 e. The predicted octanol–water partition coefficient (Wildman–Crippen LogP) is 1.65. The smallest absolute Gasteiger partial charge is 0.232 e. The van der Waals surface area contributed by atoms with Crippen molar-refractivity contribution in [2.45, 2.75) is 18.9 Å². The zero-order chi connectivity index (χ0) is 20.4. The largest absolute Gasteiger partial charge is 0.387 e. The molecule has 3 heterocycles. The number of hydrogen-bond acceptors (Lipinski definition) is 6. The molecule has 4 rings (SSSR count). The van der Waals surface area contributed by atoms with E-state index >= 15 is 0 Å². The summed E-state index contributed by atoms with van der Waals surface area (Å²) >= 11 is 0. The van der Waals surface area contributed by atoms with Gasteiger partial charge in [0.1, 0.15) is 5.82 Å². The van der Waals surface area contributed by atoms with E-state index in [9.17, 15) is 13.5 Å². The number of anilines is 2. The second kappa shape index (κ2) is 8.30. The first-order valence-corrected chi connectivity index (χ1v) is 11.9. The van der Waals surface area contributed by atoms with Gasteiger partial charge in [0.05, 0.1) is 18.0 Å². The van der Waals surface area contributed by atoms with Crippen molar-refractivity contribution in [1.82, 2.24) is 9.88 Å². The van der Waals surface area contributed by atoms with E-state index in [4.69, 9.17) is 0 Å².